The molecule has 0 saturated carbocycles. The lowest BCUT2D eigenvalue weighted by Gasteiger charge is -2.20. The van der Waals surface area contributed by atoms with Crippen molar-refractivity contribution in [3.63, 3.8) is 0 Å². The number of carbonyl (C=O) groups is 3. The van der Waals surface area contributed by atoms with Crippen LogP contribution in [0.15, 0.2) is 103 Å². The number of aliphatic hydroxyl groups is 1. The average Bonchev–Trinajstić information content (AvgIpc) is 2.99. The Morgan fingerprint density at radius 1 is 0.744 bits per heavy atom. The van der Waals surface area contributed by atoms with E-state index in [1.165, 1.54) is 36.4 Å². The number of amides is 1. The van der Waals surface area contributed by atoms with Gasteiger partial charge in [-0.15, -0.1) is 13.2 Å². The quantitative estimate of drug-likeness (QED) is 0.177. The van der Waals surface area contributed by atoms with Crippen LogP contribution in [0.25, 0.3) is 11.1 Å². The van der Waals surface area contributed by atoms with E-state index < -0.39 is 42.7 Å². The van der Waals surface area contributed by atoms with Gasteiger partial charge in [0.2, 0.25) is 0 Å². The maximum Gasteiger partial charge on any atom is 0.573 e. The molecule has 4 aromatic rings. The van der Waals surface area contributed by atoms with Crippen LogP contribution in [0.5, 0.6) is 11.5 Å². The minimum absolute atomic E-state index is 0.153. The van der Waals surface area contributed by atoms with E-state index in [0.29, 0.717) is 11.3 Å². The molecular weight excluding hydrogens is 567 g/mol. The van der Waals surface area contributed by atoms with Gasteiger partial charge in [0.25, 0.3) is 5.91 Å². The Hall–Kier alpha value is -5.16. The standard InChI is InChI=1S/C32H26F3NO7/c33-32(34,35)43-26-16-10-22(11-17-26)27(37)18-29(23-8-6-21(7-9-23)20-4-2-1-3-5-20)42-25-14-12-24(13-15-25)30(39)36-19-28(38)31(40)41/h1-17,28-29,38H,18-19H2,(H,36,39)(H,40,41). The number of aliphatic carboxylic acids is 1. The SMILES string of the molecule is O=C(CC(Oc1ccc(C(=O)NCC(O)C(=O)O)cc1)c1ccc(-c2ccccc2)cc1)c1ccc(OC(F)(F)F)cc1. The molecule has 0 aliphatic carbocycles. The van der Waals surface area contributed by atoms with Crippen LogP contribution in [0.4, 0.5) is 13.2 Å². The van der Waals surface area contributed by atoms with Crippen LogP contribution in [0.1, 0.15) is 38.8 Å². The lowest BCUT2D eigenvalue weighted by molar-refractivity contribution is -0.274. The van der Waals surface area contributed by atoms with E-state index in [1.54, 1.807) is 0 Å². The fourth-order valence-electron chi connectivity index (χ4n) is 4.11. The van der Waals surface area contributed by atoms with Crippen LogP contribution in [-0.2, 0) is 4.79 Å². The first-order valence-electron chi connectivity index (χ1n) is 13.0. The topological polar surface area (TPSA) is 122 Å². The highest BCUT2D eigenvalue weighted by Crippen LogP contribution is 2.30. The summed E-state index contributed by atoms with van der Waals surface area (Å²) in [7, 11) is 0. The van der Waals surface area contributed by atoms with Gasteiger partial charge >= 0.3 is 12.3 Å². The second-order valence-corrected chi connectivity index (χ2v) is 9.38. The summed E-state index contributed by atoms with van der Waals surface area (Å²) in [4.78, 5) is 36.2. The van der Waals surface area contributed by atoms with Gasteiger partial charge in [0, 0.05) is 11.1 Å². The Kier molecular flexibility index (Phi) is 9.79. The molecule has 0 radical (unpaired) electrons. The Morgan fingerprint density at radius 2 is 1.30 bits per heavy atom. The number of ketones is 1. The summed E-state index contributed by atoms with van der Waals surface area (Å²) in [6, 6.07) is 27.5. The number of hydrogen-bond donors (Lipinski definition) is 3. The van der Waals surface area contributed by atoms with Gasteiger partial charge in [-0.3, -0.25) is 9.59 Å². The average molecular weight is 594 g/mol. The summed E-state index contributed by atoms with van der Waals surface area (Å²) >= 11 is 0. The Morgan fingerprint density at radius 3 is 1.88 bits per heavy atom. The molecule has 0 saturated heterocycles. The molecule has 0 heterocycles. The van der Waals surface area contributed by atoms with Gasteiger partial charge in [0.1, 0.15) is 17.6 Å². The van der Waals surface area contributed by atoms with E-state index >= 15 is 0 Å². The lowest BCUT2D eigenvalue weighted by Crippen LogP contribution is -2.36. The van der Waals surface area contributed by atoms with Crippen molar-refractivity contribution in [2.24, 2.45) is 0 Å². The van der Waals surface area contributed by atoms with Crippen molar-refractivity contribution in [3.05, 3.63) is 120 Å². The van der Waals surface area contributed by atoms with E-state index in [9.17, 15) is 32.7 Å². The Bertz CT molecular complexity index is 1540. The zero-order valence-electron chi connectivity index (χ0n) is 22.5. The third kappa shape index (κ3) is 8.91. The molecule has 2 unspecified atom stereocenters. The smallest absolute Gasteiger partial charge is 0.485 e. The summed E-state index contributed by atoms with van der Waals surface area (Å²) in [5.74, 6) is -2.58. The molecule has 0 aliphatic heterocycles. The second kappa shape index (κ2) is 13.7. The number of Topliss-reactive ketones (excluding diaryl/α,β-unsaturated/α-hetero) is 1. The van der Waals surface area contributed by atoms with E-state index in [4.69, 9.17) is 9.84 Å². The minimum atomic E-state index is -4.85. The molecule has 0 aliphatic rings. The largest absolute Gasteiger partial charge is 0.573 e. The second-order valence-electron chi connectivity index (χ2n) is 9.38. The summed E-state index contributed by atoms with van der Waals surface area (Å²) in [6.07, 6.45) is -7.55. The number of halogens is 3. The number of carboxylic acid groups (broad SMARTS) is 1. The monoisotopic (exact) mass is 593 g/mol. The van der Waals surface area contributed by atoms with E-state index in [-0.39, 0.29) is 23.3 Å². The van der Waals surface area contributed by atoms with Crippen molar-refractivity contribution in [1.29, 1.82) is 0 Å². The Labute approximate surface area is 244 Å². The molecule has 0 aromatic heterocycles. The molecule has 1 amide bonds. The van der Waals surface area contributed by atoms with Gasteiger partial charge in [0.15, 0.2) is 11.9 Å². The van der Waals surface area contributed by atoms with Crippen LogP contribution in [0, 0.1) is 0 Å². The van der Waals surface area contributed by atoms with Crippen LogP contribution >= 0.6 is 0 Å². The number of carbonyl (C=O) groups excluding carboxylic acids is 2. The zero-order chi connectivity index (χ0) is 31.0. The third-order valence-electron chi connectivity index (χ3n) is 6.31. The van der Waals surface area contributed by atoms with Crippen molar-refractivity contribution in [3.8, 4) is 22.6 Å². The molecular formula is C32H26F3NO7. The van der Waals surface area contributed by atoms with Crippen molar-refractivity contribution in [2.75, 3.05) is 6.54 Å². The van der Waals surface area contributed by atoms with Crippen molar-refractivity contribution in [2.45, 2.75) is 25.0 Å². The van der Waals surface area contributed by atoms with Crippen LogP contribution in [0.2, 0.25) is 0 Å². The summed E-state index contributed by atoms with van der Waals surface area (Å²) in [5, 5.41) is 20.4. The van der Waals surface area contributed by atoms with Crippen molar-refractivity contribution in [1.82, 2.24) is 5.32 Å². The zero-order valence-corrected chi connectivity index (χ0v) is 22.5. The van der Waals surface area contributed by atoms with E-state index in [0.717, 1.165) is 23.3 Å². The molecule has 3 N–H and O–H groups in total. The van der Waals surface area contributed by atoms with Gasteiger partial charge in [0.05, 0.1) is 13.0 Å². The number of benzene rings is 4. The first-order valence-corrected chi connectivity index (χ1v) is 13.0. The maximum atomic E-state index is 13.2. The van der Waals surface area contributed by atoms with Gasteiger partial charge in [-0.2, -0.15) is 0 Å². The van der Waals surface area contributed by atoms with Crippen molar-refractivity contribution >= 4 is 17.7 Å². The van der Waals surface area contributed by atoms with Crippen LogP contribution < -0.4 is 14.8 Å². The molecule has 4 rings (SSSR count). The van der Waals surface area contributed by atoms with Gasteiger partial charge < -0.3 is 25.0 Å². The predicted octanol–water partition coefficient (Wildman–Crippen LogP) is 5.82. The Balaban J connectivity index is 1.52. The van der Waals surface area contributed by atoms with Crippen molar-refractivity contribution < 1.29 is 47.2 Å². The van der Waals surface area contributed by atoms with Gasteiger partial charge in [-0.25, -0.2) is 4.79 Å². The summed E-state index contributed by atoms with van der Waals surface area (Å²) < 4.78 is 47.6. The fraction of sp³-hybridized carbons (Fsp3) is 0.156. The molecule has 0 bridgehead atoms. The number of ether oxygens (including phenoxy) is 2. The van der Waals surface area contributed by atoms with Gasteiger partial charge in [-0.05, 0) is 65.2 Å². The van der Waals surface area contributed by atoms with E-state index in [1.807, 2.05) is 54.6 Å². The maximum absolute atomic E-state index is 13.2. The molecule has 2 atom stereocenters. The van der Waals surface area contributed by atoms with E-state index in [2.05, 4.69) is 10.1 Å². The summed E-state index contributed by atoms with van der Waals surface area (Å²) in [5.41, 5.74) is 2.95. The molecule has 0 fully saturated rings. The fourth-order valence-corrected chi connectivity index (χ4v) is 4.11. The minimum Gasteiger partial charge on any atom is -0.485 e. The number of nitrogens with one attached hydrogen (secondary N) is 1. The van der Waals surface area contributed by atoms with Crippen LogP contribution in [0.3, 0.4) is 0 Å². The number of carboxylic acids is 1. The normalized spacial score (nSPS) is 12.6. The third-order valence-corrected chi connectivity index (χ3v) is 6.31. The number of rotatable bonds is 12. The highest BCUT2D eigenvalue weighted by Gasteiger charge is 2.31. The number of aliphatic hydroxyl groups excluding tert-OH is 1. The molecule has 4 aromatic carbocycles. The highest BCUT2D eigenvalue weighted by atomic mass is 19.4. The van der Waals surface area contributed by atoms with Crippen LogP contribution in [-0.4, -0.2) is 46.9 Å². The molecule has 11 heteroatoms. The summed E-state index contributed by atoms with van der Waals surface area (Å²) in [6.45, 7) is -0.473. The first-order chi connectivity index (χ1) is 20.5. The molecule has 43 heavy (non-hydrogen) atoms. The lowest BCUT2D eigenvalue weighted by atomic mass is 9.97. The predicted molar refractivity (Wildman–Crippen MR) is 150 cm³/mol. The van der Waals surface area contributed by atoms with Gasteiger partial charge in [-0.1, -0.05) is 54.6 Å². The molecule has 8 nitrogen and oxygen atoms in total. The molecule has 222 valence electrons. The highest BCUT2D eigenvalue weighted by molar-refractivity contribution is 5.96. The molecule has 0 spiro atoms. The first kappa shape index (κ1) is 30.8. The number of hydrogen-bond acceptors (Lipinski definition) is 6. The number of alkyl halides is 3.